The Morgan fingerprint density at radius 3 is 2.47 bits per heavy atom. The first-order valence-electron chi connectivity index (χ1n) is 5.50. The molecule has 0 aromatic carbocycles. The fourth-order valence-corrected chi connectivity index (χ4v) is 1.74. The van der Waals surface area contributed by atoms with Crippen molar-refractivity contribution in [2.75, 3.05) is 0 Å². The van der Waals surface area contributed by atoms with E-state index in [1.54, 1.807) is 0 Å². The van der Waals surface area contributed by atoms with E-state index in [0.717, 1.165) is 0 Å². The van der Waals surface area contributed by atoms with Crippen LogP contribution in [-0.4, -0.2) is 63.1 Å². The highest BCUT2D eigenvalue weighted by Crippen LogP contribution is 2.19. The Morgan fingerprint density at radius 2 is 1.94 bits per heavy atom. The van der Waals surface area contributed by atoms with Crippen LogP contribution in [0.1, 0.15) is 20.3 Å². The molecule has 1 rings (SSSR count). The van der Waals surface area contributed by atoms with Crippen molar-refractivity contribution in [3.63, 3.8) is 0 Å². The third-order valence-corrected chi connectivity index (χ3v) is 2.67. The fourth-order valence-electron chi connectivity index (χ4n) is 1.74. The Hall–Kier alpha value is -0.730. The minimum Gasteiger partial charge on any atom is -0.393 e. The molecule has 17 heavy (non-hydrogen) atoms. The normalized spacial score (nSPS) is 39.8. The average molecular weight is 249 g/mol. The zero-order valence-corrected chi connectivity index (χ0v) is 9.78. The molecular weight excluding hydrogens is 230 g/mol. The quantitative estimate of drug-likeness (QED) is 0.384. The van der Waals surface area contributed by atoms with E-state index in [2.05, 4.69) is 5.32 Å². The number of carbonyl (C=O) groups is 1. The zero-order chi connectivity index (χ0) is 13.2. The Kier molecular flexibility index (Phi) is 4.84. The number of hydrogen-bond acceptors (Lipinski definition) is 6. The summed E-state index contributed by atoms with van der Waals surface area (Å²) in [6.45, 7) is 2.97. The summed E-state index contributed by atoms with van der Waals surface area (Å²) in [5.41, 5.74) is 0. The predicted octanol–water partition coefficient (Wildman–Crippen LogP) is -2.30. The molecule has 0 aromatic heterocycles. The summed E-state index contributed by atoms with van der Waals surface area (Å²) < 4.78 is 4.86. The van der Waals surface area contributed by atoms with Crippen LogP contribution >= 0.6 is 0 Å². The number of amides is 1. The molecular formula is C10H19NO6. The summed E-state index contributed by atoms with van der Waals surface area (Å²) in [6.07, 6.45) is -5.63. The van der Waals surface area contributed by atoms with E-state index < -0.39 is 42.7 Å². The van der Waals surface area contributed by atoms with Crippen molar-refractivity contribution in [2.45, 2.75) is 57.0 Å². The van der Waals surface area contributed by atoms with Gasteiger partial charge in [-0.15, -0.1) is 0 Å². The van der Waals surface area contributed by atoms with E-state index in [-0.39, 0.29) is 6.42 Å². The molecule has 1 heterocycles. The van der Waals surface area contributed by atoms with E-state index in [1.807, 2.05) is 0 Å². The van der Waals surface area contributed by atoms with E-state index >= 15 is 0 Å². The van der Waals surface area contributed by atoms with Gasteiger partial charge in [0.2, 0.25) is 5.91 Å². The summed E-state index contributed by atoms with van der Waals surface area (Å²) in [4.78, 5) is 11.4. The molecule has 1 amide bonds. The van der Waals surface area contributed by atoms with Gasteiger partial charge >= 0.3 is 0 Å². The fraction of sp³-hybridized carbons (Fsp3) is 0.900. The first kappa shape index (κ1) is 14.3. The van der Waals surface area contributed by atoms with Gasteiger partial charge in [0.1, 0.15) is 12.2 Å². The second kappa shape index (κ2) is 5.74. The van der Waals surface area contributed by atoms with Crippen molar-refractivity contribution in [1.29, 1.82) is 0 Å². The molecule has 1 aliphatic rings. The van der Waals surface area contributed by atoms with Gasteiger partial charge in [-0.05, 0) is 13.8 Å². The molecule has 100 valence electrons. The highest BCUT2D eigenvalue weighted by Gasteiger charge is 2.42. The number of rotatable bonds is 3. The lowest BCUT2D eigenvalue weighted by Crippen LogP contribution is -2.63. The number of aliphatic hydroxyl groups excluding tert-OH is 4. The van der Waals surface area contributed by atoms with Crippen LogP contribution in [-0.2, 0) is 9.53 Å². The van der Waals surface area contributed by atoms with E-state index in [9.17, 15) is 20.1 Å². The highest BCUT2D eigenvalue weighted by molar-refractivity contribution is 5.76. The highest BCUT2D eigenvalue weighted by atomic mass is 16.6. The summed E-state index contributed by atoms with van der Waals surface area (Å²) in [5.74, 6) is -0.510. The van der Waals surface area contributed by atoms with E-state index in [4.69, 9.17) is 9.84 Å². The maximum atomic E-state index is 11.4. The molecule has 0 aromatic rings. The van der Waals surface area contributed by atoms with Crippen molar-refractivity contribution < 1.29 is 30.0 Å². The van der Waals surface area contributed by atoms with Gasteiger partial charge in [0.15, 0.2) is 6.29 Å². The molecule has 1 saturated heterocycles. The largest absolute Gasteiger partial charge is 0.393 e. The molecule has 0 spiro atoms. The molecule has 5 N–H and O–H groups in total. The van der Waals surface area contributed by atoms with Crippen LogP contribution in [0.2, 0.25) is 0 Å². The van der Waals surface area contributed by atoms with Gasteiger partial charge < -0.3 is 30.5 Å². The third-order valence-electron chi connectivity index (χ3n) is 2.67. The average Bonchev–Trinajstić information content (AvgIpc) is 2.20. The van der Waals surface area contributed by atoms with Gasteiger partial charge in [-0.25, -0.2) is 0 Å². The molecule has 0 aliphatic carbocycles. The molecule has 7 nitrogen and oxygen atoms in total. The number of aliphatic hydroxyl groups is 4. The smallest absolute Gasteiger partial charge is 0.222 e. The first-order chi connectivity index (χ1) is 7.82. The standard InChI is InChI=1S/C10H19NO6/c1-4(12)3-6(13)11-7-8(14)5(2)17-10(16)9(7)15/h4-5,7-10,12,14-16H,3H2,1-2H3,(H,11,13). The number of hydrogen-bond donors (Lipinski definition) is 5. The molecule has 6 atom stereocenters. The lowest BCUT2D eigenvalue weighted by Gasteiger charge is -2.39. The van der Waals surface area contributed by atoms with Crippen molar-refractivity contribution in [2.24, 2.45) is 0 Å². The SMILES string of the molecule is CC(O)CC(=O)NC1C(O)C(C)OC(O)C1O. The van der Waals surface area contributed by atoms with Crippen LogP contribution in [0.25, 0.3) is 0 Å². The summed E-state index contributed by atoms with van der Waals surface area (Å²) >= 11 is 0. The molecule has 6 unspecified atom stereocenters. The molecule has 0 saturated carbocycles. The van der Waals surface area contributed by atoms with Gasteiger partial charge in [-0.3, -0.25) is 4.79 Å². The van der Waals surface area contributed by atoms with Crippen LogP contribution < -0.4 is 5.32 Å². The predicted molar refractivity (Wildman–Crippen MR) is 56.8 cm³/mol. The Labute approximate surface area is 99.0 Å². The van der Waals surface area contributed by atoms with Crippen LogP contribution in [0.5, 0.6) is 0 Å². The number of ether oxygens (including phenoxy) is 1. The first-order valence-corrected chi connectivity index (χ1v) is 5.50. The second-order valence-corrected chi connectivity index (χ2v) is 4.36. The van der Waals surface area contributed by atoms with Crippen molar-refractivity contribution in [3.8, 4) is 0 Å². The van der Waals surface area contributed by atoms with Crippen LogP contribution in [0, 0.1) is 0 Å². The van der Waals surface area contributed by atoms with Crippen LogP contribution in [0.3, 0.4) is 0 Å². The summed E-state index contributed by atoms with van der Waals surface area (Å²) in [7, 11) is 0. The zero-order valence-electron chi connectivity index (χ0n) is 9.78. The van der Waals surface area contributed by atoms with Gasteiger partial charge in [-0.1, -0.05) is 0 Å². The maximum absolute atomic E-state index is 11.4. The maximum Gasteiger partial charge on any atom is 0.222 e. The monoisotopic (exact) mass is 249 g/mol. The lowest BCUT2D eigenvalue weighted by atomic mass is 9.96. The second-order valence-electron chi connectivity index (χ2n) is 4.36. The minimum atomic E-state index is -1.45. The van der Waals surface area contributed by atoms with Gasteiger partial charge in [0.05, 0.1) is 24.7 Å². The Morgan fingerprint density at radius 1 is 1.35 bits per heavy atom. The molecule has 0 radical (unpaired) electrons. The third kappa shape index (κ3) is 3.62. The molecule has 1 fully saturated rings. The lowest BCUT2D eigenvalue weighted by molar-refractivity contribution is -0.251. The topological polar surface area (TPSA) is 119 Å². The van der Waals surface area contributed by atoms with Crippen LogP contribution in [0.4, 0.5) is 0 Å². The molecule has 0 bridgehead atoms. The van der Waals surface area contributed by atoms with Gasteiger partial charge in [0, 0.05) is 0 Å². The summed E-state index contributed by atoms with van der Waals surface area (Å²) in [6, 6.07) is -1.01. The number of carbonyl (C=O) groups excluding carboxylic acids is 1. The van der Waals surface area contributed by atoms with Gasteiger partial charge in [0.25, 0.3) is 0 Å². The molecule has 1 aliphatic heterocycles. The molecule has 7 heteroatoms. The van der Waals surface area contributed by atoms with Crippen molar-refractivity contribution >= 4 is 5.91 Å². The van der Waals surface area contributed by atoms with Crippen LogP contribution in [0.15, 0.2) is 0 Å². The Balaban J connectivity index is 2.63. The van der Waals surface area contributed by atoms with E-state index in [1.165, 1.54) is 13.8 Å². The Bertz CT molecular complexity index is 258. The van der Waals surface area contributed by atoms with Crippen molar-refractivity contribution in [1.82, 2.24) is 5.32 Å². The van der Waals surface area contributed by atoms with Crippen molar-refractivity contribution in [3.05, 3.63) is 0 Å². The summed E-state index contributed by atoms with van der Waals surface area (Å²) in [5, 5.41) is 40.1. The number of nitrogens with one attached hydrogen (secondary N) is 1. The minimum absolute atomic E-state index is 0.138. The van der Waals surface area contributed by atoms with E-state index in [0.29, 0.717) is 0 Å². The van der Waals surface area contributed by atoms with Gasteiger partial charge in [-0.2, -0.15) is 0 Å².